The highest BCUT2D eigenvalue weighted by Gasteiger charge is 2.34. The number of carboxylic acids is 1. The van der Waals surface area contributed by atoms with Crippen molar-refractivity contribution in [3.05, 3.63) is 0 Å². The zero-order chi connectivity index (χ0) is 13.8. The van der Waals surface area contributed by atoms with E-state index in [2.05, 4.69) is 12.2 Å². The summed E-state index contributed by atoms with van der Waals surface area (Å²) in [5.41, 5.74) is 0. The van der Waals surface area contributed by atoms with Gasteiger partial charge in [-0.15, -0.1) is 0 Å². The van der Waals surface area contributed by atoms with Gasteiger partial charge in [-0.05, 0) is 31.1 Å². The summed E-state index contributed by atoms with van der Waals surface area (Å²) in [5.74, 6) is 0.263. The fourth-order valence-electron chi connectivity index (χ4n) is 2.91. The summed E-state index contributed by atoms with van der Waals surface area (Å²) in [6.45, 7) is 2.74. The van der Waals surface area contributed by atoms with Gasteiger partial charge >= 0.3 is 12.0 Å². The molecule has 0 aromatic heterocycles. The third-order valence-corrected chi connectivity index (χ3v) is 4.36. The molecular weight excluding hydrogens is 244 g/mol. The van der Waals surface area contributed by atoms with Crippen LogP contribution in [-0.4, -0.2) is 41.1 Å². The third kappa shape index (κ3) is 4.11. The Labute approximate surface area is 114 Å². The van der Waals surface area contributed by atoms with E-state index < -0.39 is 5.97 Å². The Morgan fingerprint density at radius 2 is 1.89 bits per heavy atom. The Hall–Kier alpha value is -1.26. The molecule has 2 fully saturated rings. The largest absolute Gasteiger partial charge is 0.480 e. The van der Waals surface area contributed by atoms with Gasteiger partial charge in [-0.25, -0.2) is 4.79 Å². The van der Waals surface area contributed by atoms with Crippen molar-refractivity contribution in [2.75, 3.05) is 13.1 Å². The summed E-state index contributed by atoms with van der Waals surface area (Å²) in [6, 6.07) is -0.0671. The van der Waals surface area contributed by atoms with Crippen LogP contribution in [0.2, 0.25) is 0 Å². The smallest absolute Gasteiger partial charge is 0.323 e. The minimum absolute atomic E-state index is 0.139. The van der Waals surface area contributed by atoms with E-state index in [1.54, 1.807) is 0 Å². The normalized spacial score (nSPS) is 26.8. The first-order valence-electron chi connectivity index (χ1n) is 7.34. The topological polar surface area (TPSA) is 69.6 Å². The lowest BCUT2D eigenvalue weighted by molar-refractivity contribution is -0.137. The van der Waals surface area contributed by atoms with Crippen LogP contribution in [0, 0.1) is 11.8 Å². The van der Waals surface area contributed by atoms with Gasteiger partial charge in [0, 0.05) is 12.6 Å². The SMILES string of the molecule is CC1CCCCC1CNC(=O)N(CC(=O)O)C1CC1. The summed E-state index contributed by atoms with van der Waals surface area (Å²) in [4.78, 5) is 24.3. The van der Waals surface area contributed by atoms with Gasteiger partial charge in [0.2, 0.25) is 0 Å². The first-order chi connectivity index (χ1) is 9.08. The van der Waals surface area contributed by atoms with Crippen LogP contribution in [0.1, 0.15) is 45.4 Å². The fourth-order valence-corrected chi connectivity index (χ4v) is 2.91. The molecule has 0 radical (unpaired) electrons. The van der Waals surface area contributed by atoms with Gasteiger partial charge in [-0.3, -0.25) is 4.79 Å². The highest BCUT2D eigenvalue weighted by atomic mass is 16.4. The number of hydrogen-bond donors (Lipinski definition) is 2. The van der Waals surface area contributed by atoms with Crippen molar-refractivity contribution in [3.63, 3.8) is 0 Å². The Morgan fingerprint density at radius 1 is 1.21 bits per heavy atom. The van der Waals surface area contributed by atoms with Crippen LogP contribution in [0.5, 0.6) is 0 Å². The van der Waals surface area contributed by atoms with Crippen molar-refractivity contribution in [1.82, 2.24) is 10.2 Å². The number of hydrogen-bond acceptors (Lipinski definition) is 2. The maximum absolute atomic E-state index is 12.1. The van der Waals surface area contributed by atoms with Gasteiger partial charge in [0.15, 0.2) is 0 Å². The maximum Gasteiger partial charge on any atom is 0.323 e. The second-order valence-corrected chi connectivity index (χ2v) is 5.96. The Bertz CT molecular complexity index is 342. The minimum atomic E-state index is -0.937. The van der Waals surface area contributed by atoms with Crippen molar-refractivity contribution in [2.24, 2.45) is 11.8 Å². The molecule has 108 valence electrons. The lowest BCUT2D eigenvalue weighted by atomic mass is 9.80. The molecule has 0 heterocycles. The summed E-state index contributed by atoms with van der Waals surface area (Å²) < 4.78 is 0. The van der Waals surface area contributed by atoms with E-state index in [4.69, 9.17) is 5.11 Å². The van der Waals surface area contributed by atoms with Crippen LogP contribution in [0.25, 0.3) is 0 Å². The molecule has 2 atom stereocenters. The average Bonchev–Trinajstić information content (AvgIpc) is 3.18. The first-order valence-corrected chi connectivity index (χ1v) is 7.34. The number of carbonyl (C=O) groups is 2. The average molecular weight is 268 g/mol. The quantitative estimate of drug-likeness (QED) is 0.802. The second kappa shape index (κ2) is 6.26. The molecule has 2 saturated carbocycles. The molecule has 0 aromatic carbocycles. The van der Waals surface area contributed by atoms with E-state index in [1.165, 1.54) is 30.6 Å². The summed E-state index contributed by atoms with van der Waals surface area (Å²) in [6.07, 6.45) is 6.80. The molecule has 0 aliphatic heterocycles. The zero-order valence-electron chi connectivity index (χ0n) is 11.6. The second-order valence-electron chi connectivity index (χ2n) is 5.96. The van der Waals surface area contributed by atoms with Crippen LogP contribution < -0.4 is 5.32 Å². The molecule has 0 spiro atoms. The lowest BCUT2D eigenvalue weighted by Gasteiger charge is -2.30. The molecule has 2 unspecified atom stereocenters. The van der Waals surface area contributed by atoms with E-state index in [0.717, 1.165) is 12.8 Å². The first kappa shape index (κ1) is 14.2. The lowest BCUT2D eigenvalue weighted by Crippen LogP contribution is -2.46. The molecule has 5 nitrogen and oxygen atoms in total. The molecule has 5 heteroatoms. The van der Waals surface area contributed by atoms with Crippen molar-refractivity contribution in [3.8, 4) is 0 Å². The number of nitrogens with zero attached hydrogens (tertiary/aromatic N) is 1. The number of carboxylic acid groups (broad SMARTS) is 1. The van der Waals surface area contributed by atoms with Crippen molar-refractivity contribution < 1.29 is 14.7 Å². The van der Waals surface area contributed by atoms with Crippen LogP contribution >= 0.6 is 0 Å². The van der Waals surface area contributed by atoms with E-state index in [1.807, 2.05) is 0 Å². The highest BCUT2D eigenvalue weighted by Crippen LogP contribution is 2.29. The number of nitrogens with one attached hydrogen (secondary N) is 1. The van der Waals surface area contributed by atoms with Gasteiger partial charge in [-0.1, -0.05) is 26.2 Å². The van der Waals surface area contributed by atoms with Crippen LogP contribution in [0.4, 0.5) is 4.79 Å². The molecular formula is C14H24N2O3. The van der Waals surface area contributed by atoms with E-state index in [0.29, 0.717) is 18.4 Å². The standard InChI is InChI=1S/C14H24N2O3/c1-10-4-2-3-5-11(10)8-15-14(19)16(9-13(17)18)12-6-7-12/h10-12H,2-9H2,1H3,(H,15,19)(H,17,18). The predicted molar refractivity (Wildman–Crippen MR) is 71.9 cm³/mol. The zero-order valence-corrected chi connectivity index (χ0v) is 11.6. The summed E-state index contributed by atoms with van der Waals surface area (Å²) >= 11 is 0. The molecule has 19 heavy (non-hydrogen) atoms. The number of urea groups is 1. The van der Waals surface area contributed by atoms with Crippen molar-refractivity contribution in [1.29, 1.82) is 0 Å². The summed E-state index contributed by atoms with van der Waals surface area (Å²) in [5, 5.41) is 11.8. The van der Waals surface area contributed by atoms with Gasteiger partial charge in [0.05, 0.1) is 0 Å². The molecule has 0 aromatic rings. The van der Waals surface area contributed by atoms with E-state index in [-0.39, 0.29) is 18.6 Å². The number of amides is 2. The number of rotatable bonds is 5. The maximum atomic E-state index is 12.1. The van der Waals surface area contributed by atoms with E-state index in [9.17, 15) is 9.59 Å². The Kier molecular flexibility index (Phi) is 4.66. The van der Waals surface area contributed by atoms with Crippen LogP contribution in [0.3, 0.4) is 0 Å². The molecule has 2 amide bonds. The molecule has 0 saturated heterocycles. The molecule has 2 rings (SSSR count). The van der Waals surface area contributed by atoms with Crippen LogP contribution in [0.15, 0.2) is 0 Å². The van der Waals surface area contributed by atoms with Crippen molar-refractivity contribution in [2.45, 2.75) is 51.5 Å². The Morgan fingerprint density at radius 3 is 2.47 bits per heavy atom. The van der Waals surface area contributed by atoms with Gasteiger partial charge in [-0.2, -0.15) is 0 Å². The Balaban J connectivity index is 1.79. The van der Waals surface area contributed by atoms with Gasteiger partial charge < -0.3 is 15.3 Å². The van der Waals surface area contributed by atoms with Gasteiger partial charge in [0.1, 0.15) is 6.54 Å². The number of carbonyl (C=O) groups excluding carboxylic acids is 1. The molecule has 2 aliphatic rings. The van der Waals surface area contributed by atoms with Crippen molar-refractivity contribution >= 4 is 12.0 Å². The fraction of sp³-hybridized carbons (Fsp3) is 0.857. The third-order valence-electron chi connectivity index (χ3n) is 4.36. The number of aliphatic carboxylic acids is 1. The van der Waals surface area contributed by atoms with E-state index >= 15 is 0 Å². The van der Waals surface area contributed by atoms with Crippen LogP contribution in [-0.2, 0) is 4.79 Å². The predicted octanol–water partition coefficient (Wildman–Crippen LogP) is 2.07. The highest BCUT2D eigenvalue weighted by molar-refractivity contribution is 5.80. The summed E-state index contributed by atoms with van der Waals surface area (Å²) in [7, 11) is 0. The minimum Gasteiger partial charge on any atom is -0.480 e. The monoisotopic (exact) mass is 268 g/mol. The molecule has 2 aliphatic carbocycles. The molecule has 0 bridgehead atoms. The van der Waals surface area contributed by atoms with Gasteiger partial charge in [0.25, 0.3) is 0 Å². The molecule has 2 N–H and O–H groups in total.